The number of benzene rings is 2. The quantitative estimate of drug-likeness (QED) is 0.364. The molecule has 0 aliphatic heterocycles. The molecular formula is C16H13ClO2. The van der Waals surface area contributed by atoms with Crippen LogP contribution in [0.3, 0.4) is 0 Å². The highest BCUT2D eigenvalue weighted by molar-refractivity contribution is 6.26. The van der Waals surface area contributed by atoms with Crippen LogP contribution in [-0.2, 0) is 4.79 Å². The Morgan fingerprint density at radius 3 is 2.11 bits per heavy atom. The molecule has 2 nitrogen and oxygen atoms in total. The fraction of sp³-hybridized carbons (Fsp3) is 0.0625. The zero-order chi connectivity index (χ0) is 13.5. The third-order valence-corrected chi connectivity index (χ3v) is 2.71. The van der Waals surface area contributed by atoms with E-state index in [1.165, 1.54) is 0 Å². The summed E-state index contributed by atoms with van der Waals surface area (Å²) in [6.45, 7) is 0. The van der Waals surface area contributed by atoms with Gasteiger partial charge in [-0.2, -0.15) is 0 Å². The van der Waals surface area contributed by atoms with Crippen LogP contribution in [0.2, 0.25) is 0 Å². The first-order chi connectivity index (χ1) is 9.28. The fourth-order valence-electron chi connectivity index (χ4n) is 1.56. The maximum atomic E-state index is 11.0. The fourth-order valence-corrected chi connectivity index (χ4v) is 1.62. The van der Waals surface area contributed by atoms with Crippen LogP contribution in [0.15, 0.2) is 54.6 Å². The predicted molar refractivity (Wildman–Crippen MR) is 78.2 cm³/mol. The summed E-state index contributed by atoms with van der Waals surface area (Å²) in [4.78, 5) is 11.0. The summed E-state index contributed by atoms with van der Waals surface area (Å²) in [6.07, 6.45) is 4.03. The van der Waals surface area contributed by atoms with Crippen LogP contribution in [-0.4, -0.2) is 11.8 Å². The molecule has 0 amide bonds. The van der Waals surface area contributed by atoms with Gasteiger partial charge >= 0.3 is 5.97 Å². The van der Waals surface area contributed by atoms with E-state index >= 15 is 0 Å². The van der Waals surface area contributed by atoms with Crippen molar-refractivity contribution >= 4 is 29.7 Å². The molecule has 0 saturated heterocycles. The Morgan fingerprint density at radius 1 is 0.947 bits per heavy atom. The maximum absolute atomic E-state index is 11.0. The Morgan fingerprint density at radius 2 is 1.53 bits per heavy atom. The van der Waals surface area contributed by atoms with E-state index in [9.17, 15) is 4.79 Å². The molecule has 2 aromatic rings. The number of alkyl halides is 1. The van der Waals surface area contributed by atoms with Crippen molar-refractivity contribution in [2.75, 3.05) is 5.88 Å². The van der Waals surface area contributed by atoms with E-state index < -0.39 is 5.97 Å². The molecule has 0 N–H and O–H groups in total. The van der Waals surface area contributed by atoms with E-state index in [1.54, 1.807) is 12.1 Å². The molecule has 2 aromatic carbocycles. The van der Waals surface area contributed by atoms with Gasteiger partial charge < -0.3 is 4.74 Å². The number of esters is 1. The van der Waals surface area contributed by atoms with Gasteiger partial charge in [0.1, 0.15) is 11.6 Å². The van der Waals surface area contributed by atoms with Gasteiger partial charge in [0, 0.05) is 0 Å². The second-order valence-electron chi connectivity index (χ2n) is 3.92. The molecule has 3 heteroatoms. The van der Waals surface area contributed by atoms with E-state index in [1.807, 2.05) is 54.6 Å². The molecule has 0 spiro atoms. The molecule has 2 rings (SSSR count). The lowest BCUT2D eigenvalue weighted by Crippen LogP contribution is -2.08. The van der Waals surface area contributed by atoms with Gasteiger partial charge in [0.25, 0.3) is 0 Å². The zero-order valence-electron chi connectivity index (χ0n) is 10.3. The number of carbonyl (C=O) groups is 1. The van der Waals surface area contributed by atoms with Crippen molar-refractivity contribution in [1.82, 2.24) is 0 Å². The van der Waals surface area contributed by atoms with Crippen LogP contribution < -0.4 is 4.74 Å². The van der Waals surface area contributed by atoms with Crippen molar-refractivity contribution in [3.8, 4) is 5.75 Å². The highest BCUT2D eigenvalue weighted by Crippen LogP contribution is 2.14. The number of carbonyl (C=O) groups excluding carboxylic acids is 1. The van der Waals surface area contributed by atoms with Crippen LogP contribution in [0.1, 0.15) is 11.1 Å². The smallest absolute Gasteiger partial charge is 0.326 e. The topological polar surface area (TPSA) is 26.3 Å². The van der Waals surface area contributed by atoms with Gasteiger partial charge in [-0.1, -0.05) is 54.6 Å². The van der Waals surface area contributed by atoms with E-state index in [0.29, 0.717) is 5.75 Å². The SMILES string of the molecule is O=C(CCl)Oc1ccc(C=Cc2ccccc2)cc1. The van der Waals surface area contributed by atoms with Gasteiger partial charge in [0.15, 0.2) is 0 Å². The van der Waals surface area contributed by atoms with Gasteiger partial charge in [0.2, 0.25) is 0 Å². The van der Waals surface area contributed by atoms with Crippen LogP contribution in [0, 0.1) is 0 Å². The highest BCUT2D eigenvalue weighted by Gasteiger charge is 2.01. The molecule has 0 aromatic heterocycles. The molecule has 0 fully saturated rings. The second kappa shape index (κ2) is 6.76. The first-order valence-electron chi connectivity index (χ1n) is 5.88. The van der Waals surface area contributed by atoms with E-state index in [2.05, 4.69) is 0 Å². The lowest BCUT2D eigenvalue weighted by atomic mass is 10.1. The number of ether oxygens (including phenoxy) is 1. The summed E-state index contributed by atoms with van der Waals surface area (Å²) in [5.74, 6) is -0.0906. The Balaban J connectivity index is 2.03. The summed E-state index contributed by atoms with van der Waals surface area (Å²) in [5.41, 5.74) is 2.18. The minimum Gasteiger partial charge on any atom is -0.426 e. The molecule has 96 valence electrons. The minimum atomic E-state index is -0.450. The van der Waals surface area contributed by atoms with Gasteiger partial charge in [-0.05, 0) is 23.3 Å². The first kappa shape index (κ1) is 13.4. The predicted octanol–water partition coefficient (Wildman–Crippen LogP) is 4.00. The summed E-state index contributed by atoms with van der Waals surface area (Å²) in [5, 5.41) is 0. The average molecular weight is 273 g/mol. The van der Waals surface area contributed by atoms with Crippen molar-refractivity contribution in [3.63, 3.8) is 0 Å². The number of hydrogen-bond acceptors (Lipinski definition) is 2. The minimum absolute atomic E-state index is 0.143. The van der Waals surface area contributed by atoms with E-state index in [-0.39, 0.29) is 5.88 Å². The van der Waals surface area contributed by atoms with Gasteiger partial charge in [-0.25, -0.2) is 0 Å². The summed E-state index contributed by atoms with van der Waals surface area (Å²) >= 11 is 5.37. The summed E-state index contributed by atoms with van der Waals surface area (Å²) < 4.78 is 4.99. The molecule has 0 atom stereocenters. The monoisotopic (exact) mass is 272 g/mol. The molecule has 0 heterocycles. The number of hydrogen-bond donors (Lipinski definition) is 0. The van der Waals surface area contributed by atoms with Gasteiger partial charge in [0.05, 0.1) is 0 Å². The van der Waals surface area contributed by atoms with Crippen LogP contribution in [0.5, 0.6) is 5.75 Å². The largest absolute Gasteiger partial charge is 0.426 e. The molecule has 0 aliphatic rings. The van der Waals surface area contributed by atoms with Crippen LogP contribution >= 0.6 is 11.6 Å². The van der Waals surface area contributed by atoms with E-state index in [4.69, 9.17) is 16.3 Å². The maximum Gasteiger partial charge on any atom is 0.326 e. The Hall–Kier alpha value is -2.06. The normalized spacial score (nSPS) is 10.6. The zero-order valence-corrected chi connectivity index (χ0v) is 11.0. The van der Waals surface area contributed by atoms with Crippen molar-refractivity contribution < 1.29 is 9.53 Å². The van der Waals surface area contributed by atoms with Crippen LogP contribution in [0.4, 0.5) is 0 Å². The van der Waals surface area contributed by atoms with Crippen molar-refractivity contribution in [1.29, 1.82) is 0 Å². The Bertz CT molecular complexity index is 559. The molecule has 0 unspecified atom stereocenters. The molecule has 0 bridgehead atoms. The van der Waals surface area contributed by atoms with Crippen molar-refractivity contribution in [2.24, 2.45) is 0 Å². The molecule has 0 radical (unpaired) electrons. The summed E-state index contributed by atoms with van der Waals surface area (Å²) in [7, 11) is 0. The number of rotatable bonds is 4. The molecule has 19 heavy (non-hydrogen) atoms. The van der Waals surface area contributed by atoms with Crippen molar-refractivity contribution in [2.45, 2.75) is 0 Å². The van der Waals surface area contributed by atoms with E-state index in [0.717, 1.165) is 11.1 Å². The first-order valence-corrected chi connectivity index (χ1v) is 6.41. The van der Waals surface area contributed by atoms with Gasteiger partial charge in [-0.3, -0.25) is 4.79 Å². The molecule has 0 aliphatic carbocycles. The standard InChI is InChI=1S/C16H13ClO2/c17-12-16(18)19-15-10-8-14(9-11-15)7-6-13-4-2-1-3-5-13/h1-11H,12H2. The molecule has 0 saturated carbocycles. The van der Waals surface area contributed by atoms with Crippen LogP contribution in [0.25, 0.3) is 12.2 Å². The number of halogens is 1. The molecular weight excluding hydrogens is 260 g/mol. The Labute approximate surface area is 117 Å². The third-order valence-electron chi connectivity index (χ3n) is 2.49. The highest BCUT2D eigenvalue weighted by atomic mass is 35.5. The van der Waals surface area contributed by atoms with Crippen molar-refractivity contribution in [3.05, 3.63) is 65.7 Å². The second-order valence-corrected chi connectivity index (χ2v) is 4.19. The summed E-state index contributed by atoms with van der Waals surface area (Å²) in [6, 6.07) is 17.3. The van der Waals surface area contributed by atoms with Gasteiger partial charge in [-0.15, -0.1) is 11.6 Å². The Kier molecular flexibility index (Phi) is 4.76. The lowest BCUT2D eigenvalue weighted by molar-refractivity contribution is -0.131. The average Bonchev–Trinajstić information content (AvgIpc) is 2.47. The lowest BCUT2D eigenvalue weighted by Gasteiger charge is -2.02. The third kappa shape index (κ3) is 4.27.